The number of fused-ring (bicyclic) bond motifs is 1. The summed E-state index contributed by atoms with van der Waals surface area (Å²) in [6, 6.07) is 2.05. The second-order valence-corrected chi connectivity index (χ2v) is 5.58. The molecule has 0 bridgehead atoms. The molecule has 0 saturated heterocycles. The van der Waals surface area contributed by atoms with Gasteiger partial charge in [-0.05, 0) is 41.5 Å². The number of aromatic carboxylic acids is 4. The topological polar surface area (TPSA) is 149 Å². The highest BCUT2D eigenvalue weighted by molar-refractivity contribution is 6.17. The zero-order valence-electron chi connectivity index (χ0n) is 14.0. The fourth-order valence-corrected chi connectivity index (χ4v) is 3.22. The first-order valence-corrected chi connectivity index (χ1v) is 7.74. The number of aryl methyl sites for hydroxylation is 1. The van der Waals surface area contributed by atoms with E-state index in [4.69, 9.17) is 0 Å². The van der Waals surface area contributed by atoms with Crippen LogP contribution in [0.15, 0.2) is 12.1 Å². The summed E-state index contributed by atoms with van der Waals surface area (Å²) in [6.45, 7) is 3.19. The third kappa shape index (κ3) is 2.85. The number of hydrogen-bond donors (Lipinski definition) is 4. The first-order chi connectivity index (χ1) is 12.1. The SMILES string of the molecule is CCc1c(C(=O)O)cc2c(C(=O)O)cc(C(=O)O)c(CC)c2c1C(=O)O. The fraction of sp³-hybridized carbons (Fsp3) is 0.222. The maximum Gasteiger partial charge on any atom is 0.336 e. The molecule has 2 rings (SSSR count). The molecule has 0 aliphatic carbocycles. The van der Waals surface area contributed by atoms with Crippen molar-refractivity contribution in [2.45, 2.75) is 26.7 Å². The molecule has 0 aromatic heterocycles. The smallest absolute Gasteiger partial charge is 0.336 e. The lowest BCUT2D eigenvalue weighted by Gasteiger charge is -2.18. The quantitative estimate of drug-likeness (QED) is 0.614. The number of benzene rings is 2. The monoisotopic (exact) mass is 360 g/mol. The van der Waals surface area contributed by atoms with Crippen LogP contribution in [-0.2, 0) is 12.8 Å². The van der Waals surface area contributed by atoms with Gasteiger partial charge in [0.2, 0.25) is 0 Å². The summed E-state index contributed by atoms with van der Waals surface area (Å²) in [6.07, 6.45) is 0.204. The third-order valence-electron chi connectivity index (χ3n) is 4.25. The van der Waals surface area contributed by atoms with E-state index in [-0.39, 0.29) is 51.4 Å². The normalized spacial score (nSPS) is 10.7. The molecule has 0 saturated carbocycles. The summed E-state index contributed by atoms with van der Waals surface area (Å²) in [4.78, 5) is 46.7. The molecule has 0 fully saturated rings. The molecule has 0 amide bonds. The number of carboxylic acid groups (broad SMARTS) is 4. The molecule has 2 aromatic carbocycles. The molecular formula is C18H16O8. The van der Waals surface area contributed by atoms with Gasteiger partial charge in [0.05, 0.1) is 22.3 Å². The number of carboxylic acids is 4. The summed E-state index contributed by atoms with van der Waals surface area (Å²) >= 11 is 0. The number of rotatable bonds is 6. The molecular weight excluding hydrogens is 344 g/mol. The van der Waals surface area contributed by atoms with Crippen LogP contribution < -0.4 is 0 Å². The van der Waals surface area contributed by atoms with E-state index in [1.807, 2.05) is 0 Å². The van der Waals surface area contributed by atoms with Crippen LogP contribution in [0.1, 0.15) is 66.4 Å². The summed E-state index contributed by atoms with van der Waals surface area (Å²) in [7, 11) is 0. The van der Waals surface area contributed by atoms with Gasteiger partial charge in [-0.15, -0.1) is 0 Å². The molecule has 0 atom stereocenters. The van der Waals surface area contributed by atoms with E-state index in [0.29, 0.717) is 0 Å². The summed E-state index contributed by atoms with van der Waals surface area (Å²) in [5.41, 5.74) is -1.28. The molecule has 0 spiro atoms. The highest BCUT2D eigenvalue weighted by Crippen LogP contribution is 2.34. The van der Waals surface area contributed by atoms with Crippen LogP contribution in [0.2, 0.25) is 0 Å². The Morgan fingerprint density at radius 1 is 0.692 bits per heavy atom. The van der Waals surface area contributed by atoms with Crippen molar-refractivity contribution in [3.8, 4) is 0 Å². The molecule has 4 N–H and O–H groups in total. The lowest BCUT2D eigenvalue weighted by atomic mass is 9.85. The van der Waals surface area contributed by atoms with Gasteiger partial charge in [-0.2, -0.15) is 0 Å². The van der Waals surface area contributed by atoms with Gasteiger partial charge < -0.3 is 20.4 Å². The molecule has 8 nitrogen and oxygen atoms in total. The van der Waals surface area contributed by atoms with Crippen LogP contribution >= 0.6 is 0 Å². The van der Waals surface area contributed by atoms with Crippen LogP contribution in [0.25, 0.3) is 10.8 Å². The van der Waals surface area contributed by atoms with Crippen molar-refractivity contribution in [3.63, 3.8) is 0 Å². The van der Waals surface area contributed by atoms with Crippen LogP contribution in [0.3, 0.4) is 0 Å². The standard InChI is InChI=1S/C18H16O8/c1-3-7-11(16(21)22)6-12(17(23)24)9-5-10(15(19)20)8(4-2)14(13(7)9)18(25)26/h5-6H,3-4H2,1-2H3,(H,19,20)(H,21,22)(H,23,24)(H,25,26). The average Bonchev–Trinajstić information content (AvgIpc) is 2.57. The Morgan fingerprint density at radius 2 is 1.15 bits per heavy atom. The van der Waals surface area contributed by atoms with E-state index in [1.54, 1.807) is 13.8 Å². The molecule has 26 heavy (non-hydrogen) atoms. The van der Waals surface area contributed by atoms with E-state index in [1.165, 1.54) is 0 Å². The average molecular weight is 360 g/mol. The largest absolute Gasteiger partial charge is 0.478 e. The lowest BCUT2D eigenvalue weighted by Crippen LogP contribution is -2.15. The zero-order chi connectivity index (χ0) is 19.8. The molecule has 8 heteroatoms. The van der Waals surface area contributed by atoms with Crippen LogP contribution in [0.4, 0.5) is 0 Å². The van der Waals surface area contributed by atoms with Crippen molar-refractivity contribution in [2.24, 2.45) is 0 Å². The number of carbonyl (C=O) groups is 4. The first-order valence-electron chi connectivity index (χ1n) is 7.74. The molecule has 0 aliphatic heterocycles. The van der Waals surface area contributed by atoms with E-state index in [0.717, 1.165) is 12.1 Å². The molecule has 0 aliphatic rings. The van der Waals surface area contributed by atoms with Gasteiger partial charge in [-0.1, -0.05) is 13.8 Å². The summed E-state index contributed by atoms with van der Waals surface area (Å²) < 4.78 is 0. The van der Waals surface area contributed by atoms with Gasteiger partial charge in [0.1, 0.15) is 0 Å². The van der Waals surface area contributed by atoms with Crippen molar-refractivity contribution >= 4 is 34.6 Å². The highest BCUT2D eigenvalue weighted by Gasteiger charge is 2.28. The predicted molar refractivity (Wildman–Crippen MR) is 90.5 cm³/mol. The van der Waals surface area contributed by atoms with E-state index >= 15 is 0 Å². The van der Waals surface area contributed by atoms with Crippen LogP contribution in [0, 0.1) is 0 Å². The lowest BCUT2D eigenvalue weighted by molar-refractivity contribution is 0.0673. The Morgan fingerprint density at radius 3 is 1.54 bits per heavy atom. The number of hydrogen-bond acceptors (Lipinski definition) is 4. The Labute approximate surface area is 147 Å². The van der Waals surface area contributed by atoms with Crippen molar-refractivity contribution in [1.82, 2.24) is 0 Å². The minimum atomic E-state index is -1.47. The third-order valence-corrected chi connectivity index (χ3v) is 4.25. The molecule has 0 heterocycles. The molecule has 2 aromatic rings. The second-order valence-electron chi connectivity index (χ2n) is 5.58. The van der Waals surface area contributed by atoms with Gasteiger partial charge in [0.15, 0.2) is 0 Å². The predicted octanol–water partition coefficient (Wildman–Crippen LogP) is 2.76. The highest BCUT2D eigenvalue weighted by atomic mass is 16.4. The van der Waals surface area contributed by atoms with Crippen molar-refractivity contribution < 1.29 is 39.6 Å². The molecule has 136 valence electrons. The van der Waals surface area contributed by atoms with E-state index in [9.17, 15) is 39.6 Å². The van der Waals surface area contributed by atoms with E-state index in [2.05, 4.69) is 0 Å². The van der Waals surface area contributed by atoms with Crippen molar-refractivity contribution in [2.75, 3.05) is 0 Å². The van der Waals surface area contributed by atoms with Crippen molar-refractivity contribution in [1.29, 1.82) is 0 Å². The summed E-state index contributed by atoms with van der Waals surface area (Å²) in [5.74, 6) is -5.69. The van der Waals surface area contributed by atoms with Gasteiger partial charge in [-0.25, -0.2) is 19.2 Å². The Kier molecular flexibility index (Phi) is 4.97. The van der Waals surface area contributed by atoms with Gasteiger partial charge in [-0.3, -0.25) is 0 Å². The molecule has 0 radical (unpaired) electrons. The maximum absolute atomic E-state index is 11.9. The maximum atomic E-state index is 11.9. The second kappa shape index (κ2) is 6.83. The van der Waals surface area contributed by atoms with Gasteiger partial charge in [0.25, 0.3) is 0 Å². The van der Waals surface area contributed by atoms with Crippen molar-refractivity contribution in [3.05, 3.63) is 45.5 Å². The van der Waals surface area contributed by atoms with Gasteiger partial charge >= 0.3 is 23.9 Å². The zero-order valence-corrected chi connectivity index (χ0v) is 14.0. The fourth-order valence-electron chi connectivity index (χ4n) is 3.22. The van der Waals surface area contributed by atoms with Gasteiger partial charge in [0, 0.05) is 5.39 Å². The molecule has 0 unspecified atom stereocenters. The Hall–Kier alpha value is -3.42. The van der Waals surface area contributed by atoms with Crippen LogP contribution in [0.5, 0.6) is 0 Å². The van der Waals surface area contributed by atoms with E-state index < -0.39 is 29.4 Å². The Bertz CT molecular complexity index is 959. The van der Waals surface area contributed by atoms with Crippen LogP contribution in [-0.4, -0.2) is 44.3 Å². The Balaban J connectivity index is 3.30. The minimum absolute atomic E-state index is 0.0195. The summed E-state index contributed by atoms with van der Waals surface area (Å²) in [5, 5.41) is 37.8. The minimum Gasteiger partial charge on any atom is -0.478 e. The first kappa shape index (κ1) is 18.9.